The van der Waals surface area contributed by atoms with Crippen molar-refractivity contribution in [1.82, 2.24) is 0 Å². The van der Waals surface area contributed by atoms with E-state index in [1.54, 1.807) is 0 Å². The molecule has 0 saturated carbocycles. The molecule has 0 saturated heterocycles. The fourth-order valence-electron chi connectivity index (χ4n) is 0. The Kier molecular flexibility index (Phi) is 55.9. The number of hydrogen-bond donors (Lipinski definition) is 0. The molecule has 0 aromatic heterocycles. The minimum absolute atomic E-state index is 0. The van der Waals surface area contributed by atoms with Gasteiger partial charge in [0.05, 0.1) is 0 Å². The van der Waals surface area contributed by atoms with E-state index >= 15 is 0 Å². The molecule has 0 radical (unpaired) electrons. The Morgan fingerprint density at radius 3 is 1.20 bits per heavy atom. The Morgan fingerprint density at radius 1 is 1.20 bits per heavy atom. The van der Waals surface area contributed by atoms with Crippen LogP contribution in [0.2, 0.25) is 0 Å². The zero-order valence-electron chi connectivity index (χ0n) is 2.69. The second kappa shape index (κ2) is 17.5. The Bertz CT molecular complexity index is 30.6. The van der Waals surface area contributed by atoms with Gasteiger partial charge < -0.3 is 12.4 Å². The Balaban J connectivity index is -0.0000000200. The van der Waals surface area contributed by atoms with Gasteiger partial charge in [-0.1, -0.05) is 0 Å². The van der Waals surface area contributed by atoms with Gasteiger partial charge in [0.1, 0.15) is 0 Å². The van der Waals surface area contributed by atoms with Crippen LogP contribution in [0, 0.1) is 0 Å². The third-order valence-corrected chi connectivity index (χ3v) is 0. The fraction of sp³-hybridized carbons (Fsp3) is 0. The van der Waals surface area contributed by atoms with E-state index in [1.807, 2.05) is 0 Å². The molecule has 0 aromatic carbocycles. The quantitative estimate of drug-likeness (QED) is 0.312. The first kappa shape index (κ1) is 16.0. The fourth-order valence-corrected chi connectivity index (χ4v) is 0. The van der Waals surface area contributed by atoms with Crippen molar-refractivity contribution in [3.8, 4) is 0 Å². The van der Waals surface area contributed by atoms with E-state index in [0.29, 0.717) is 0 Å². The summed E-state index contributed by atoms with van der Waals surface area (Å²) in [5.74, 6) is 0. The average molecular weight is 138 g/mol. The molecular weight excluding hydrogens is 138 g/mol. The summed E-state index contributed by atoms with van der Waals surface area (Å²) in [4.78, 5) is 0. The summed E-state index contributed by atoms with van der Waals surface area (Å²) in [6, 6.07) is 0. The maximum absolute atomic E-state index is 8.50. The van der Waals surface area contributed by atoms with E-state index in [4.69, 9.17) is 6.65 Å². The van der Waals surface area contributed by atoms with Crippen molar-refractivity contribution >= 4 is 0 Å². The molecule has 0 rings (SSSR count). The summed E-state index contributed by atoms with van der Waals surface area (Å²) in [6.45, 7) is 0. The topological polar surface area (TPSA) is 34.1 Å². The molecule has 5 heteroatoms. The summed E-state index contributed by atoms with van der Waals surface area (Å²) in [5.41, 5.74) is 0. The van der Waals surface area contributed by atoms with E-state index in [9.17, 15) is 0 Å². The van der Waals surface area contributed by atoms with Crippen molar-refractivity contribution in [3.63, 3.8) is 0 Å². The third-order valence-electron chi connectivity index (χ3n) is 0. The second-order valence-electron chi connectivity index (χ2n) is 0.0833. The molecule has 0 aliphatic carbocycles. The van der Waals surface area contributed by atoms with Crippen molar-refractivity contribution in [1.29, 1.82) is 0 Å². The van der Waals surface area contributed by atoms with Gasteiger partial charge in [-0.2, -0.15) is 0 Å². The van der Waals surface area contributed by atoms with Crippen molar-refractivity contribution in [2.45, 2.75) is 0 Å². The van der Waals surface area contributed by atoms with Crippen LogP contribution in [-0.4, -0.2) is 0 Å². The first-order chi connectivity index (χ1) is 1.41. The number of rotatable bonds is 0. The van der Waals surface area contributed by atoms with E-state index in [1.165, 1.54) is 0 Å². The summed E-state index contributed by atoms with van der Waals surface area (Å²) in [7, 11) is 0. The van der Waals surface area contributed by atoms with Gasteiger partial charge in [-0.15, -0.1) is 0 Å². The van der Waals surface area contributed by atoms with Gasteiger partial charge >= 0.3 is 55.3 Å². The van der Waals surface area contributed by atoms with Gasteiger partial charge in [-0.05, 0) is 0 Å². The molecule has 0 fully saturated rings. The molecule has 0 unspecified atom stereocenters. The predicted molar refractivity (Wildman–Crippen MR) is 1.37 cm³/mol. The van der Waals surface area contributed by atoms with Crippen LogP contribution in [0.25, 0.3) is 0 Å². The van der Waals surface area contributed by atoms with E-state index in [-0.39, 0.29) is 42.0 Å². The van der Waals surface area contributed by atoms with Gasteiger partial charge in [-0.3, -0.25) is 0 Å². The first-order valence-electron chi connectivity index (χ1n) is 0.408. The average Bonchev–Trinajstić information content (AvgIpc) is 0.918. The molecule has 0 aliphatic rings. The Morgan fingerprint density at radius 2 is 1.20 bits per heavy atom. The molecule has 24 valence electrons. The van der Waals surface area contributed by atoms with Gasteiger partial charge in [0.25, 0.3) is 0 Å². The summed E-state index contributed by atoms with van der Waals surface area (Å²) in [5, 5.41) is 0. The third kappa shape index (κ3) is 28.3. The Hall–Kier alpha value is 1.60. The van der Waals surface area contributed by atoms with Crippen LogP contribution in [0.3, 0.4) is 0 Å². The van der Waals surface area contributed by atoms with Crippen LogP contribution in [-0.2, 0) is 25.7 Å². The monoisotopic (exact) mass is 138 g/mol. The summed E-state index contributed by atoms with van der Waals surface area (Å²) < 4.78 is 17.0. The minimum atomic E-state index is -2.00. The molecule has 0 aliphatic heterocycles. The van der Waals surface area contributed by atoms with Crippen LogP contribution in [0.15, 0.2) is 0 Å². The van der Waals surface area contributed by atoms with Crippen molar-refractivity contribution < 1.29 is 67.7 Å². The van der Waals surface area contributed by atoms with Crippen molar-refractivity contribution in [2.75, 3.05) is 0 Å². The molecule has 0 spiro atoms. The molecular formula is ClNaO2Ti. The molecule has 0 aromatic rings. The van der Waals surface area contributed by atoms with Crippen molar-refractivity contribution in [2.24, 2.45) is 0 Å². The number of halogens is 1. The molecule has 5 heavy (non-hydrogen) atoms. The predicted octanol–water partition coefficient (Wildman–Crippen LogP) is -6.23. The molecule has 0 bridgehead atoms. The molecule has 0 N–H and O–H groups in total. The van der Waals surface area contributed by atoms with E-state index < -0.39 is 19.1 Å². The van der Waals surface area contributed by atoms with Crippen LogP contribution < -0.4 is 42.0 Å². The van der Waals surface area contributed by atoms with Gasteiger partial charge in [0, 0.05) is 0 Å². The van der Waals surface area contributed by atoms with Crippen LogP contribution in [0.5, 0.6) is 0 Å². The second-order valence-corrected chi connectivity index (χ2v) is 0.344. The van der Waals surface area contributed by atoms with E-state index in [0.717, 1.165) is 0 Å². The standard InChI is InChI=1S/ClH.Na.2O.Ti/h1H;;;;/q;+1;;;/p-1. The normalized spacial score (nSPS) is 1.60. The zero-order chi connectivity index (χ0) is 2.71. The molecule has 2 nitrogen and oxygen atoms in total. The zero-order valence-corrected chi connectivity index (χ0v) is 7.01. The van der Waals surface area contributed by atoms with Crippen molar-refractivity contribution in [3.05, 3.63) is 0 Å². The van der Waals surface area contributed by atoms with Gasteiger partial charge in [0.2, 0.25) is 0 Å². The van der Waals surface area contributed by atoms with E-state index in [2.05, 4.69) is 0 Å². The SMILES string of the molecule is [Cl-].[Na+].[O]=[Ti]=[O]. The maximum atomic E-state index is 8.50. The van der Waals surface area contributed by atoms with Crippen LogP contribution in [0.4, 0.5) is 0 Å². The Labute approximate surface area is 67.0 Å². The summed E-state index contributed by atoms with van der Waals surface area (Å²) >= 11 is -2.00. The number of hydrogen-bond acceptors (Lipinski definition) is 2. The first-order valence-corrected chi connectivity index (χ1v) is 1.68. The van der Waals surface area contributed by atoms with Gasteiger partial charge in [0.15, 0.2) is 0 Å². The summed E-state index contributed by atoms with van der Waals surface area (Å²) in [6.07, 6.45) is 0. The molecule has 0 atom stereocenters. The van der Waals surface area contributed by atoms with Crippen LogP contribution in [0.1, 0.15) is 0 Å². The molecule has 0 amide bonds. The van der Waals surface area contributed by atoms with Crippen LogP contribution >= 0.6 is 0 Å². The molecule has 0 heterocycles. The van der Waals surface area contributed by atoms with Gasteiger partial charge in [-0.25, -0.2) is 0 Å².